The lowest BCUT2D eigenvalue weighted by Crippen LogP contribution is -2.37. The molecule has 2 aromatic carbocycles. The summed E-state index contributed by atoms with van der Waals surface area (Å²) in [4.78, 5) is 17.0. The normalized spacial score (nSPS) is 11.7. The number of carbonyl (C=O) groups is 1. The minimum Gasteiger partial charge on any atom is -0.497 e. The Labute approximate surface area is 167 Å². The Morgan fingerprint density at radius 1 is 1.21 bits per heavy atom. The zero-order valence-corrected chi connectivity index (χ0v) is 16.5. The van der Waals surface area contributed by atoms with E-state index in [9.17, 15) is 9.18 Å². The highest BCUT2D eigenvalue weighted by Crippen LogP contribution is 2.25. The fourth-order valence-electron chi connectivity index (χ4n) is 2.56. The number of aromatic nitrogens is 1. The van der Waals surface area contributed by atoms with E-state index in [1.807, 2.05) is 36.6 Å². The van der Waals surface area contributed by atoms with Gasteiger partial charge in [0.1, 0.15) is 10.8 Å². The van der Waals surface area contributed by atoms with E-state index in [1.54, 1.807) is 19.2 Å². The summed E-state index contributed by atoms with van der Waals surface area (Å²) in [6.45, 7) is 2.10. The molecular weight excluding hydrogens is 379 g/mol. The standard InChI is InChI=1S/C21H21FN2O3S/c1-3-18(27-19-7-5-4-6-17(19)22)20(25)23-12-15-13-28-21(24-15)14-8-10-16(26-2)11-9-14/h4-11,13,18H,3,12H2,1-2H3,(H,23,25)/t18-/m1/s1. The Morgan fingerprint density at radius 3 is 2.64 bits per heavy atom. The van der Waals surface area contributed by atoms with E-state index in [0.717, 1.165) is 22.0 Å². The van der Waals surface area contributed by atoms with Gasteiger partial charge in [0.2, 0.25) is 0 Å². The number of para-hydroxylation sites is 1. The number of nitrogens with zero attached hydrogens (tertiary/aromatic N) is 1. The Morgan fingerprint density at radius 2 is 1.96 bits per heavy atom. The number of rotatable bonds is 8. The van der Waals surface area contributed by atoms with Crippen molar-refractivity contribution in [3.05, 3.63) is 65.4 Å². The molecule has 1 aromatic heterocycles. The number of ether oxygens (including phenoxy) is 2. The first kappa shape index (κ1) is 19.8. The van der Waals surface area contributed by atoms with E-state index in [2.05, 4.69) is 10.3 Å². The Balaban J connectivity index is 1.59. The van der Waals surface area contributed by atoms with Crippen molar-refractivity contribution in [2.45, 2.75) is 26.0 Å². The molecule has 1 heterocycles. The van der Waals surface area contributed by atoms with E-state index in [1.165, 1.54) is 23.5 Å². The average molecular weight is 400 g/mol. The van der Waals surface area contributed by atoms with Crippen LogP contribution in [0, 0.1) is 5.82 Å². The fourth-order valence-corrected chi connectivity index (χ4v) is 3.39. The fraction of sp³-hybridized carbons (Fsp3) is 0.238. The minimum atomic E-state index is -0.767. The molecule has 0 aliphatic heterocycles. The maximum absolute atomic E-state index is 13.7. The highest BCUT2D eigenvalue weighted by atomic mass is 32.1. The zero-order chi connectivity index (χ0) is 19.9. The molecule has 7 heteroatoms. The molecular formula is C21H21FN2O3S. The predicted molar refractivity (Wildman–Crippen MR) is 107 cm³/mol. The summed E-state index contributed by atoms with van der Waals surface area (Å²) in [5.41, 5.74) is 1.74. The summed E-state index contributed by atoms with van der Waals surface area (Å²) in [6, 6.07) is 13.7. The third-order valence-corrected chi connectivity index (χ3v) is 5.04. The van der Waals surface area contributed by atoms with Crippen molar-refractivity contribution in [2.75, 3.05) is 7.11 Å². The number of benzene rings is 2. The molecule has 1 amide bonds. The molecule has 0 bridgehead atoms. The number of thiazole rings is 1. The van der Waals surface area contributed by atoms with Crippen LogP contribution in [0.1, 0.15) is 19.0 Å². The van der Waals surface area contributed by atoms with Gasteiger partial charge < -0.3 is 14.8 Å². The van der Waals surface area contributed by atoms with Gasteiger partial charge in [-0.3, -0.25) is 4.79 Å². The van der Waals surface area contributed by atoms with Crippen LogP contribution in [0.2, 0.25) is 0 Å². The maximum Gasteiger partial charge on any atom is 0.261 e. The van der Waals surface area contributed by atoms with Crippen LogP contribution in [-0.2, 0) is 11.3 Å². The summed E-state index contributed by atoms with van der Waals surface area (Å²) >= 11 is 1.50. The van der Waals surface area contributed by atoms with E-state index < -0.39 is 11.9 Å². The molecule has 3 aromatic rings. The molecule has 0 aliphatic rings. The van der Waals surface area contributed by atoms with Crippen molar-refractivity contribution in [3.8, 4) is 22.1 Å². The van der Waals surface area contributed by atoms with Crippen molar-refractivity contribution < 1.29 is 18.7 Å². The molecule has 5 nitrogen and oxygen atoms in total. The number of amides is 1. The SMILES string of the molecule is CC[C@@H](Oc1ccccc1F)C(=O)NCc1csc(-c2ccc(OC)cc2)n1. The zero-order valence-electron chi connectivity index (χ0n) is 15.6. The lowest BCUT2D eigenvalue weighted by atomic mass is 10.2. The van der Waals surface area contributed by atoms with E-state index in [4.69, 9.17) is 9.47 Å². The molecule has 28 heavy (non-hydrogen) atoms. The van der Waals surface area contributed by atoms with Crippen molar-refractivity contribution in [1.29, 1.82) is 0 Å². The summed E-state index contributed by atoms with van der Waals surface area (Å²) in [5.74, 6) is 0.0651. The average Bonchev–Trinajstić information content (AvgIpc) is 3.20. The summed E-state index contributed by atoms with van der Waals surface area (Å²) in [6.07, 6.45) is -0.342. The molecule has 146 valence electrons. The largest absolute Gasteiger partial charge is 0.497 e. The Hall–Kier alpha value is -2.93. The molecule has 0 fully saturated rings. The van der Waals surface area contributed by atoms with Gasteiger partial charge in [-0.2, -0.15) is 0 Å². The van der Waals surface area contributed by atoms with Crippen LogP contribution in [0.5, 0.6) is 11.5 Å². The maximum atomic E-state index is 13.7. The van der Waals surface area contributed by atoms with Gasteiger partial charge in [0.05, 0.1) is 19.3 Å². The van der Waals surface area contributed by atoms with E-state index >= 15 is 0 Å². The number of methoxy groups -OCH3 is 1. The van der Waals surface area contributed by atoms with Gasteiger partial charge >= 0.3 is 0 Å². The number of hydrogen-bond acceptors (Lipinski definition) is 5. The van der Waals surface area contributed by atoms with Crippen molar-refractivity contribution in [2.24, 2.45) is 0 Å². The first-order chi connectivity index (χ1) is 13.6. The number of hydrogen-bond donors (Lipinski definition) is 1. The highest BCUT2D eigenvalue weighted by Gasteiger charge is 2.20. The molecule has 3 rings (SSSR count). The topological polar surface area (TPSA) is 60.5 Å². The lowest BCUT2D eigenvalue weighted by molar-refractivity contribution is -0.128. The first-order valence-corrected chi connectivity index (χ1v) is 9.76. The second-order valence-corrected chi connectivity index (χ2v) is 6.89. The van der Waals surface area contributed by atoms with Crippen LogP contribution < -0.4 is 14.8 Å². The highest BCUT2D eigenvalue weighted by molar-refractivity contribution is 7.13. The van der Waals surface area contributed by atoms with E-state index in [-0.39, 0.29) is 18.2 Å². The van der Waals surface area contributed by atoms with Gasteiger partial charge in [-0.25, -0.2) is 9.37 Å². The Bertz CT molecular complexity index is 927. The van der Waals surface area contributed by atoms with Gasteiger partial charge in [-0.15, -0.1) is 11.3 Å². The quantitative estimate of drug-likeness (QED) is 0.608. The minimum absolute atomic E-state index is 0.0694. The summed E-state index contributed by atoms with van der Waals surface area (Å²) < 4.78 is 24.4. The third-order valence-electron chi connectivity index (χ3n) is 4.10. The van der Waals surface area contributed by atoms with Crippen molar-refractivity contribution in [3.63, 3.8) is 0 Å². The molecule has 0 saturated carbocycles. The van der Waals surface area contributed by atoms with Crippen LogP contribution >= 0.6 is 11.3 Å². The molecule has 1 N–H and O–H groups in total. The van der Waals surface area contributed by atoms with Crippen LogP contribution in [-0.4, -0.2) is 24.1 Å². The van der Waals surface area contributed by atoms with E-state index in [0.29, 0.717) is 6.42 Å². The van der Waals surface area contributed by atoms with Crippen LogP contribution in [0.15, 0.2) is 53.9 Å². The van der Waals surface area contributed by atoms with Gasteiger partial charge in [0.25, 0.3) is 5.91 Å². The van der Waals surface area contributed by atoms with Gasteiger partial charge in [0, 0.05) is 10.9 Å². The lowest BCUT2D eigenvalue weighted by Gasteiger charge is -2.17. The number of nitrogens with one attached hydrogen (secondary N) is 1. The molecule has 0 saturated heterocycles. The second kappa shape index (κ2) is 9.32. The van der Waals surface area contributed by atoms with Crippen LogP contribution in [0.25, 0.3) is 10.6 Å². The van der Waals surface area contributed by atoms with Crippen molar-refractivity contribution in [1.82, 2.24) is 10.3 Å². The molecule has 0 unspecified atom stereocenters. The van der Waals surface area contributed by atoms with Crippen LogP contribution in [0.3, 0.4) is 0 Å². The summed E-state index contributed by atoms with van der Waals surface area (Å²) in [7, 11) is 1.62. The van der Waals surface area contributed by atoms with Crippen LogP contribution in [0.4, 0.5) is 4.39 Å². The molecule has 0 radical (unpaired) electrons. The second-order valence-electron chi connectivity index (χ2n) is 6.04. The predicted octanol–water partition coefficient (Wildman–Crippen LogP) is 4.43. The van der Waals surface area contributed by atoms with Gasteiger partial charge in [0.15, 0.2) is 17.7 Å². The molecule has 0 spiro atoms. The first-order valence-electron chi connectivity index (χ1n) is 8.88. The monoisotopic (exact) mass is 400 g/mol. The number of carbonyl (C=O) groups excluding carboxylic acids is 1. The summed E-state index contributed by atoms with van der Waals surface area (Å²) in [5, 5.41) is 5.57. The van der Waals surface area contributed by atoms with Gasteiger partial charge in [-0.05, 0) is 42.8 Å². The Kier molecular flexibility index (Phi) is 6.60. The molecule has 0 aliphatic carbocycles. The van der Waals surface area contributed by atoms with Gasteiger partial charge in [-0.1, -0.05) is 19.1 Å². The third kappa shape index (κ3) is 4.86. The molecule has 1 atom stereocenters. The number of halogens is 1. The smallest absolute Gasteiger partial charge is 0.261 e. The van der Waals surface area contributed by atoms with Crippen molar-refractivity contribution >= 4 is 17.2 Å².